The molecule has 0 atom stereocenters. The molecule has 3 rings (SSSR count). The van der Waals surface area contributed by atoms with Crippen LogP contribution in [-0.2, 0) is 16.4 Å². The number of fused-ring (bicyclic) bond motifs is 1. The Hall–Kier alpha value is -2.64. The van der Waals surface area contributed by atoms with Gasteiger partial charge in [0.25, 0.3) is 5.91 Å². The fourth-order valence-electron chi connectivity index (χ4n) is 2.76. The topological polar surface area (TPSA) is 82.3 Å². The molecule has 0 aliphatic carbocycles. The van der Waals surface area contributed by atoms with Crippen LogP contribution in [-0.4, -0.2) is 44.3 Å². The number of para-hydroxylation sites is 1. The van der Waals surface area contributed by atoms with Crippen molar-refractivity contribution in [3.05, 3.63) is 65.9 Å². The minimum Gasteiger partial charge on any atom is -0.361 e. The Morgan fingerprint density at radius 2 is 1.88 bits per heavy atom. The number of benzene rings is 2. The van der Waals surface area contributed by atoms with Crippen molar-refractivity contribution >= 4 is 26.8 Å². The van der Waals surface area contributed by atoms with E-state index in [9.17, 15) is 13.2 Å². The third-order valence-electron chi connectivity index (χ3n) is 4.23. The van der Waals surface area contributed by atoms with Gasteiger partial charge in [0.1, 0.15) is 0 Å². The Labute approximate surface area is 152 Å². The summed E-state index contributed by atoms with van der Waals surface area (Å²) in [6.45, 7) is 0.464. The molecule has 1 heterocycles. The third kappa shape index (κ3) is 3.63. The average Bonchev–Trinajstić information content (AvgIpc) is 3.05. The Kier molecular flexibility index (Phi) is 5.11. The fourth-order valence-corrected chi connectivity index (χ4v) is 3.71. The van der Waals surface area contributed by atoms with Gasteiger partial charge in [0.2, 0.25) is 10.0 Å². The normalized spacial score (nSPS) is 11.8. The molecule has 0 fully saturated rings. The van der Waals surface area contributed by atoms with Gasteiger partial charge in [-0.1, -0.05) is 24.3 Å². The lowest BCUT2D eigenvalue weighted by Gasteiger charge is -2.12. The molecule has 136 valence electrons. The van der Waals surface area contributed by atoms with Crippen LogP contribution in [0.4, 0.5) is 0 Å². The van der Waals surface area contributed by atoms with Crippen molar-refractivity contribution in [2.24, 2.45) is 0 Å². The smallest absolute Gasteiger partial charge is 0.251 e. The van der Waals surface area contributed by atoms with Gasteiger partial charge in [0.15, 0.2) is 0 Å². The number of aromatic nitrogens is 1. The monoisotopic (exact) mass is 371 g/mol. The number of H-pyrrole nitrogens is 1. The zero-order valence-electron chi connectivity index (χ0n) is 14.7. The first kappa shape index (κ1) is 18.2. The van der Waals surface area contributed by atoms with E-state index in [-0.39, 0.29) is 10.8 Å². The summed E-state index contributed by atoms with van der Waals surface area (Å²) in [5.74, 6) is -0.291. The summed E-state index contributed by atoms with van der Waals surface area (Å²) in [7, 11) is -0.641. The first-order chi connectivity index (χ1) is 12.4. The second-order valence-corrected chi connectivity index (χ2v) is 8.33. The number of aromatic amines is 1. The van der Waals surface area contributed by atoms with Gasteiger partial charge in [-0.2, -0.15) is 0 Å². The number of hydrogen-bond acceptors (Lipinski definition) is 3. The van der Waals surface area contributed by atoms with E-state index in [1.54, 1.807) is 12.1 Å². The molecule has 0 radical (unpaired) electrons. The first-order valence-electron chi connectivity index (χ1n) is 8.25. The van der Waals surface area contributed by atoms with Crippen LogP contribution in [0, 0.1) is 0 Å². The van der Waals surface area contributed by atoms with Gasteiger partial charge in [-0.05, 0) is 36.2 Å². The number of rotatable bonds is 6. The lowest BCUT2D eigenvalue weighted by molar-refractivity contribution is 0.0954. The van der Waals surface area contributed by atoms with E-state index in [0.717, 1.165) is 20.8 Å². The molecule has 0 bridgehead atoms. The maximum absolute atomic E-state index is 12.4. The number of hydrogen-bond donors (Lipinski definition) is 2. The summed E-state index contributed by atoms with van der Waals surface area (Å²) >= 11 is 0. The van der Waals surface area contributed by atoms with E-state index in [1.807, 2.05) is 30.5 Å². The molecule has 3 aromatic rings. The van der Waals surface area contributed by atoms with E-state index in [4.69, 9.17) is 0 Å². The minimum absolute atomic E-state index is 0.103. The number of nitrogens with zero attached hydrogens (tertiary/aromatic N) is 1. The summed E-state index contributed by atoms with van der Waals surface area (Å²) in [5.41, 5.74) is 2.52. The average molecular weight is 371 g/mol. The predicted octanol–water partition coefficient (Wildman–Crippen LogP) is 2.39. The maximum atomic E-state index is 12.4. The molecule has 26 heavy (non-hydrogen) atoms. The number of amides is 1. The molecule has 0 aliphatic rings. The predicted molar refractivity (Wildman–Crippen MR) is 102 cm³/mol. The van der Waals surface area contributed by atoms with Crippen molar-refractivity contribution in [1.29, 1.82) is 0 Å². The molecular weight excluding hydrogens is 350 g/mol. The van der Waals surface area contributed by atoms with Crippen LogP contribution in [0.25, 0.3) is 10.9 Å². The summed E-state index contributed by atoms with van der Waals surface area (Å²) in [4.78, 5) is 15.7. The standard InChI is InChI=1S/C19H21N3O3S/c1-22(2)26(24,25)16-7-5-6-14(12-16)19(23)20-11-10-15-13-21-18-9-4-3-8-17(15)18/h3-9,12-13,21H,10-11H2,1-2H3,(H,20,23). The third-order valence-corrected chi connectivity index (χ3v) is 6.04. The van der Waals surface area contributed by atoms with E-state index >= 15 is 0 Å². The van der Waals surface area contributed by atoms with Gasteiger partial charge in [0, 0.05) is 43.3 Å². The van der Waals surface area contributed by atoms with Gasteiger partial charge in [-0.3, -0.25) is 4.79 Å². The van der Waals surface area contributed by atoms with Crippen molar-refractivity contribution in [2.45, 2.75) is 11.3 Å². The second-order valence-electron chi connectivity index (χ2n) is 6.18. The molecule has 2 N–H and O–H groups in total. The Balaban J connectivity index is 1.67. The van der Waals surface area contributed by atoms with Gasteiger partial charge in [-0.25, -0.2) is 12.7 Å². The highest BCUT2D eigenvalue weighted by Gasteiger charge is 2.18. The molecular formula is C19H21N3O3S. The molecule has 1 aromatic heterocycles. The Bertz CT molecular complexity index is 1040. The minimum atomic E-state index is -3.56. The molecule has 0 saturated carbocycles. The van der Waals surface area contributed by atoms with E-state index in [1.165, 1.54) is 26.2 Å². The lowest BCUT2D eigenvalue weighted by Crippen LogP contribution is -2.26. The van der Waals surface area contributed by atoms with Crippen LogP contribution in [0.3, 0.4) is 0 Å². The second kappa shape index (κ2) is 7.31. The van der Waals surface area contributed by atoms with Crippen molar-refractivity contribution < 1.29 is 13.2 Å². The zero-order valence-corrected chi connectivity index (χ0v) is 15.5. The summed E-state index contributed by atoms with van der Waals surface area (Å²) in [5, 5.41) is 3.99. The van der Waals surface area contributed by atoms with Gasteiger partial charge < -0.3 is 10.3 Å². The van der Waals surface area contributed by atoms with Crippen LogP contribution >= 0.6 is 0 Å². The molecule has 0 spiro atoms. The fraction of sp³-hybridized carbons (Fsp3) is 0.211. The zero-order chi connectivity index (χ0) is 18.7. The Morgan fingerprint density at radius 1 is 1.12 bits per heavy atom. The SMILES string of the molecule is CN(C)S(=O)(=O)c1cccc(C(=O)NCCc2c[nH]c3ccccc23)c1. The number of carbonyl (C=O) groups is 1. The van der Waals surface area contributed by atoms with Crippen molar-refractivity contribution in [3.63, 3.8) is 0 Å². The van der Waals surface area contributed by atoms with Gasteiger partial charge in [-0.15, -0.1) is 0 Å². The van der Waals surface area contributed by atoms with Crippen LogP contribution in [0.15, 0.2) is 59.6 Å². The molecule has 0 unspecified atom stereocenters. The Morgan fingerprint density at radius 3 is 2.65 bits per heavy atom. The molecule has 2 aromatic carbocycles. The molecule has 1 amide bonds. The maximum Gasteiger partial charge on any atom is 0.251 e. The highest BCUT2D eigenvalue weighted by molar-refractivity contribution is 7.89. The number of sulfonamides is 1. The van der Waals surface area contributed by atoms with E-state index in [2.05, 4.69) is 10.3 Å². The molecule has 6 nitrogen and oxygen atoms in total. The molecule has 7 heteroatoms. The first-order valence-corrected chi connectivity index (χ1v) is 9.69. The highest BCUT2D eigenvalue weighted by atomic mass is 32.2. The van der Waals surface area contributed by atoms with Crippen LogP contribution < -0.4 is 5.32 Å². The molecule has 0 aliphatic heterocycles. The van der Waals surface area contributed by atoms with Crippen molar-refractivity contribution in [2.75, 3.05) is 20.6 Å². The van der Waals surface area contributed by atoms with Gasteiger partial charge in [0.05, 0.1) is 4.90 Å². The van der Waals surface area contributed by atoms with Crippen molar-refractivity contribution in [3.8, 4) is 0 Å². The summed E-state index contributed by atoms with van der Waals surface area (Å²) in [6.07, 6.45) is 2.63. The van der Waals surface area contributed by atoms with Crippen molar-refractivity contribution in [1.82, 2.24) is 14.6 Å². The number of nitrogens with one attached hydrogen (secondary N) is 2. The van der Waals surface area contributed by atoms with E-state index < -0.39 is 10.0 Å². The van der Waals surface area contributed by atoms with E-state index in [0.29, 0.717) is 18.5 Å². The number of carbonyl (C=O) groups excluding carboxylic acids is 1. The van der Waals surface area contributed by atoms with Gasteiger partial charge >= 0.3 is 0 Å². The van der Waals surface area contributed by atoms with Crippen LogP contribution in [0.1, 0.15) is 15.9 Å². The highest BCUT2D eigenvalue weighted by Crippen LogP contribution is 2.18. The van der Waals surface area contributed by atoms with Crippen LogP contribution in [0.5, 0.6) is 0 Å². The quantitative estimate of drug-likeness (QED) is 0.698. The largest absolute Gasteiger partial charge is 0.361 e. The van der Waals surface area contributed by atoms with Crippen LogP contribution in [0.2, 0.25) is 0 Å². The summed E-state index contributed by atoms with van der Waals surface area (Å²) < 4.78 is 25.5. The summed E-state index contributed by atoms with van der Waals surface area (Å²) in [6, 6.07) is 14.1. The molecule has 0 saturated heterocycles. The lowest BCUT2D eigenvalue weighted by atomic mass is 10.1.